The van der Waals surface area contributed by atoms with Crippen LogP contribution in [0.15, 0.2) is 0 Å². The van der Waals surface area contributed by atoms with Crippen molar-refractivity contribution in [3.63, 3.8) is 0 Å². The minimum Gasteiger partial charge on any atom is -0.481 e. The Kier molecular flexibility index (Phi) is 4.34. The van der Waals surface area contributed by atoms with Crippen molar-refractivity contribution in [3.8, 4) is 0 Å². The summed E-state index contributed by atoms with van der Waals surface area (Å²) in [5.41, 5.74) is -0.578. The lowest BCUT2D eigenvalue weighted by Crippen LogP contribution is -2.44. The highest BCUT2D eigenvalue weighted by Gasteiger charge is 2.29. The molecule has 2 unspecified atom stereocenters. The number of carbonyl (C=O) groups is 2. The van der Waals surface area contributed by atoms with Crippen LogP contribution in [-0.2, 0) is 14.3 Å². The van der Waals surface area contributed by atoms with Gasteiger partial charge in [0.2, 0.25) is 0 Å². The lowest BCUT2D eigenvalue weighted by Gasteiger charge is -2.28. The monoisotopic (exact) mass is 245 g/mol. The molecule has 0 bridgehead atoms. The fourth-order valence-electron chi connectivity index (χ4n) is 1.56. The van der Waals surface area contributed by atoms with E-state index in [0.717, 1.165) is 0 Å². The normalized spacial score (nSPS) is 25.1. The van der Waals surface area contributed by atoms with Crippen LogP contribution >= 0.6 is 0 Å². The molecule has 1 heterocycles. The van der Waals surface area contributed by atoms with E-state index >= 15 is 0 Å². The maximum absolute atomic E-state index is 11.4. The Morgan fingerprint density at radius 2 is 2.06 bits per heavy atom. The van der Waals surface area contributed by atoms with E-state index in [1.54, 1.807) is 20.8 Å². The number of ether oxygens (including phenoxy) is 2. The molecule has 0 aromatic heterocycles. The number of carboxylic acid groups (broad SMARTS) is 1. The van der Waals surface area contributed by atoms with Crippen molar-refractivity contribution in [3.05, 3.63) is 0 Å². The second-order valence-corrected chi connectivity index (χ2v) is 5.07. The molecule has 1 fully saturated rings. The third-order valence-electron chi connectivity index (χ3n) is 2.31. The van der Waals surface area contributed by atoms with E-state index in [1.807, 2.05) is 0 Å². The molecule has 2 atom stereocenters. The zero-order chi connectivity index (χ0) is 13.1. The van der Waals surface area contributed by atoms with Crippen LogP contribution in [-0.4, -0.2) is 35.6 Å². The smallest absolute Gasteiger partial charge is 0.409 e. The summed E-state index contributed by atoms with van der Waals surface area (Å²) in [5.74, 6) is -1.33. The number of hydrogen-bond donors (Lipinski definition) is 2. The van der Waals surface area contributed by atoms with Crippen molar-refractivity contribution in [2.75, 3.05) is 6.61 Å². The summed E-state index contributed by atoms with van der Waals surface area (Å²) < 4.78 is 10.3. The predicted octanol–water partition coefficient (Wildman–Crippen LogP) is 1.35. The summed E-state index contributed by atoms with van der Waals surface area (Å²) in [5, 5.41) is 11.4. The van der Waals surface area contributed by atoms with Gasteiger partial charge in [0, 0.05) is 13.0 Å². The van der Waals surface area contributed by atoms with Gasteiger partial charge >= 0.3 is 12.1 Å². The molecule has 98 valence electrons. The van der Waals surface area contributed by atoms with E-state index in [9.17, 15) is 9.59 Å². The lowest BCUT2D eigenvalue weighted by atomic mass is 9.99. The number of nitrogens with one attached hydrogen (secondary N) is 1. The van der Waals surface area contributed by atoms with Crippen LogP contribution in [0.25, 0.3) is 0 Å². The van der Waals surface area contributed by atoms with Crippen LogP contribution in [0.1, 0.15) is 33.6 Å². The van der Waals surface area contributed by atoms with Gasteiger partial charge in [0.1, 0.15) is 11.8 Å². The van der Waals surface area contributed by atoms with Crippen molar-refractivity contribution in [2.45, 2.75) is 45.4 Å². The molecular weight excluding hydrogens is 226 g/mol. The van der Waals surface area contributed by atoms with Crippen molar-refractivity contribution in [2.24, 2.45) is 5.92 Å². The molecule has 1 aliphatic heterocycles. The first-order valence-electron chi connectivity index (χ1n) is 5.62. The van der Waals surface area contributed by atoms with Gasteiger partial charge in [0.05, 0.1) is 5.92 Å². The highest BCUT2D eigenvalue weighted by Crippen LogP contribution is 2.19. The molecular formula is C11H19NO5. The van der Waals surface area contributed by atoms with Gasteiger partial charge in [0.15, 0.2) is 0 Å². The van der Waals surface area contributed by atoms with Gasteiger partial charge in [-0.2, -0.15) is 0 Å². The third-order valence-corrected chi connectivity index (χ3v) is 2.31. The van der Waals surface area contributed by atoms with Gasteiger partial charge < -0.3 is 14.6 Å². The van der Waals surface area contributed by atoms with Gasteiger partial charge in [-0.25, -0.2) is 4.79 Å². The molecule has 0 saturated carbocycles. The molecule has 2 N–H and O–H groups in total. The Hall–Kier alpha value is -1.30. The summed E-state index contributed by atoms with van der Waals surface area (Å²) in [7, 11) is 0. The minimum atomic E-state index is -0.857. The second kappa shape index (κ2) is 5.35. The maximum atomic E-state index is 11.4. The molecule has 17 heavy (non-hydrogen) atoms. The Morgan fingerprint density at radius 1 is 1.41 bits per heavy atom. The first-order chi connectivity index (χ1) is 7.78. The molecule has 1 rings (SSSR count). The lowest BCUT2D eigenvalue weighted by molar-refractivity contribution is -0.147. The summed E-state index contributed by atoms with van der Waals surface area (Å²) in [4.78, 5) is 22.3. The number of aliphatic carboxylic acids is 1. The van der Waals surface area contributed by atoms with Crippen LogP contribution in [0.2, 0.25) is 0 Å². The van der Waals surface area contributed by atoms with Gasteiger partial charge in [-0.3, -0.25) is 10.1 Å². The number of rotatable bonds is 2. The molecule has 0 radical (unpaired) electrons. The van der Waals surface area contributed by atoms with E-state index in [2.05, 4.69) is 5.32 Å². The van der Waals surface area contributed by atoms with Crippen LogP contribution in [0, 0.1) is 5.92 Å². The predicted molar refractivity (Wildman–Crippen MR) is 59.5 cm³/mol. The van der Waals surface area contributed by atoms with E-state index in [4.69, 9.17) is 14.6 Å². The van der Waals surface area contributed by atoms with Crippen LogP contribution in [0.3, 0.4) is 0 Å². The summed E-state index contributed by atoms with van der Waals surface area (Å²) in [6.07, 6.45) is -0.426. The van der Waals surface area contributed by atoms with Gasteiger partial charge in [-0.15, -0.1) is 0 Å². The standard InChI is InChI=1S/C11H19NO5/c1-11(2,3)17-10(15)12-8-6-7(9(13)14)4-5-16-8/h7-8H,4-6H2,1-3H3,(H,12,15)(H,13,14). The maximum Gasteiger partial charge on any atom is 0.409 e. The highest BCUT2D eigenvalue weighted by atomic mass is 16.6. The van der Waals surface area contributed by atoms with Gasteiger partial charge in [-0.05, 0) is 27.2 Å². The number of carbonyl (C=O) groups excluding carboxylic acids is 1. The van der Waals surface area contributed by atoms with E-state index < -0.39 is 29.8 Å². The Morgan fingerprint density at radius 3 is 2.59 bits per heavy atom. The van der Waals surface area contributed by atoms with Crippen molar-refractivity contribution < 1.29 is 24.2 Å². The van der Waals surface area contributed by atoms with Crippen LogP contribution in [0.4, 0.5) is 4.79 Å². The first-order valence-corrected chi connectivity index (χ1v) is 5.62. The Labute approximate surface area is 100 Å². The molecule has 6 nitrogen and oxygen atoms in total. The van der Waals surface area contributed by atoms with Crippen molar-refractivity contribution in [1.82, 2.24) is 5.32 Å². The number of amides is 1. The van der Waals surface area contributed by atoms with E-state index in [1.165, 1.54) is 0 Å². The van der Waals surface area contributed by atoms with Crippen molar-refractivity contribution >= 4 is 12.1 Å². The summed E-state index contributed by atoms with van der Waals surface area (Å²) >= 11 is 0. The average molecular weight is 245 g/mol. The van der Waals surface area contributed by atoms with Gasteiger partial charge in [0.25, 0.3) is 0 Å². The average Bonchev–Trinajstić information content (AvgIpc) is 2.14. The zero-order valence-electron chi connectivity index (χ0n) is 10.4. The topological polar surface area (TPSA) is 84.9 Å². The SMILES string of the molecule is CC(C)(C)OC(=O)NC1CC(C(=O)O)CCO1. The second-order valence-electron chi connectivity index (χ2n) is 5.07. The fraction of sp³-hybridized carbons (Fsp3) is 0.818. The molecule has 1 aliphatic rings. The van der Waals surface area contributed by atoms with Gasteiger partial charge in [-0.1, -0.05) is 0 Å². The quantitative estimate of drug-likeness (QED) is 0.767. The molecule has 0 spiro atoms. The Bertz CT molecular complexity index is 297. The zero-order valence-corrected chi connectivity index (χ0v) is 10.4. The number of hydrogen-bond acceptors (Lipinski definition) is 4. The van der Waals surface area contributed by atoms with E-state index in [-0.39, 0.29) is 6.42 Å². The highest BCUT2D eigenvalue weighted by molar-refractivity contribution is 5.71. The summed E-state index contributed by atoms with van der Waals surface area (Å²) in [6, 6.07) is 0. The number of carboxylic acids is 1. The van der Waals surface area contributed by atoms with E-state index in [0.29, 0.717) is 13.0 Å². The minimum absolute atomic E-state index is 0.272. The molecule has 0 aromatic rings. The fourth-order valence-corrected chi connectivity index (χ4v) is 1.56. The molecule has 1 amide bonds. The first kappa shape index (κ1) is 13.8. The molecule has 0 aromatic carbocycles. The Balaban J connectivity index is 2.41. The third kappa shape index (κ3) is 5.04. The number of alkyl carbamates (subject to hydrolysis) is 1. The van der Waals surface area contributed by atoms with Crippen LogP contribution < -0.4 is 5.32 Å². The van der Waals surface area contributed by atoms with Crippen LogP contribution in [0.5, 0.6) is 0 Å². The molecule has 0 aliphatic carbocycles. The molecule has 1 saturated heterocycles. The largest absolute Gasteiger partial charge is 0.481 e. The summed E-state index contributed by atoms with van der Waals surface area (Å²) in [6.45, 7) is 5.61. The van der Waals surface area contributed by atoms with Crippen molar-refractivity contribution in [1.29, 1.82) is 0 Å². The molecule has 6 heteroatoms.